The maximum absolute atomic E-state index is 12.3. The Hall–Kier alpha value is -2.56. The number of aromatic hydroxyl groups is 2. The van der Waals surface area contributed by atoms with E-state index in [2.05, 4.69) is 4.98 Å². The predicted molar refractivity (Wildman–Crippen MR) is 74.5 cm³/mol. The van der Waals surface area contributed by atoms with Gasteiger partial charge < -0.3 is 15.1 Å². The SMILES string of the molecule is CC(c1ccc(O)cc1)N(C)C(=O)c1cncc(O)c1. The molecule has 5 heteroatoms. The van der Waals surface area contributed by atoms with E-state index in [0.717, 1.165) is 5.56 Å². The van der Waals surface area contributed by atoms with Gasteiger partial charge in [-0.15, -0.1) is 0 Å². The zero-order valence-corrected chi connectivity index (χ0v) is 11.3. The average molecular weight is 272 g/mol. The molecule has 2 rings (SSSR count). The fourth-order valence-electron chi connectivity index (χ4n) is 1.90. The van der Waals surface area contributed by atoms with Crippen molar-refractivity contribution in [2.75, 3.05) is 7.05 Å². The largest absolute Gasteiger partial charge is 0.508 e. The molecule has 20 heavy (non-hydrogen) atoms. The summed E-state index contributed by atoms with van der Waals surface area (Å²) in [5.74, 6) is -0.0809. The van der Waals surface area contributed by atoms with E-state index in [4.69, 9.17) is 0 Å². The Morgan fingerprint density at radius 1 is 1.15 bits per heavy atom. The molecule has 5 nitrogen and oxygen atoms in total. The van der Waals surface area contributed by atoms with Crippen molar-refractivity contribution < 1.29 is 15.0 Å². The van der Waals surface area contributed by atoms with Gasteiger partial charge in [0, 0.05) is 13.2 Å². The lowest BCUT2D eigenvalue weighted by molar-refractivity contribution is 0.0742. The molecule has 2 N–H and O–H groups in total. The van der Waals surface area contributed by atoms with Crippen LogP contribution in [0.4, 0.5) is 0 Å². The lowest BCUT2D eigenvalue weighted by Crippen LogP contribution is -2.29. The van der Waals surface area contributed by atoms with Gasteiger partial charge in [0.15, 0.2) is 0 Å². The van der Waals surface area contributed by atoms with Gasteiger partial charge in [0.05, 0.1) is 17.8 Å². The van der Waals surface area contributed by atoms with E-state index in [1.165, 1.54) is 18.5 Å². The molecule has 1 aromatic carbocycles. The summed E-state index contributed by atoms with van der Waals surface area (Å²) < 4.78 is 0. The van der Waals surface area contributed by atoms with E-state index in [9.17, 15) is 15.0 Å². The number of hydrogen-bond acceptors (Lipinski definition) is 4. The van der Waals surface area contributed by atoms with E-state index in [1.807, 2.05) is 6.92 Å². The first-order valence-electron chi connectivity index (χ1n) is 6.19. The van der Waals surface area contributed by atoms with Gasteiger partial charge in [0.2, 0.25) is 0 Å². The number of phenols is 1. The summed E-state index contributed by atoms with van der Waals surface area (Å²) in [5, 5.41) is 18.6. The van der Waals surface area contributed by atoms with Crippen LogP contribution in [0.25, 0.3) is 0 Å². The van der Waals surface area contributed by atoms with Gasteiger partial charge in [-0.2, -0.15) is 0 Å². The number of hydrogen-bond donors (Lipinski definition) is 2. The van der Waals surface area contributed by atoms with Gasteiger partial charge in [-0.1, -0.05) is 12.1 Å². The van der Waals surface area contributed by atoms with Crippen molar-refractivity contribution in [2.45, 2.75) is 13.0 Å². The van der Waals surface area contributed by atoms with Crippen molar-refractivity contribution >= 4 is 5.91 Å². The minimum absolute atomic E-state index is 0.0402. The van der Waals surface area contributed by atoms with Crippen molar-refractivity contribution in [3.8, 4) is 11.5 Å². The molecule has 0 aliphatic rings. The van der Waals surface area contributed by atoms with Gasteiger partial charge in [0.25, 0.3) is 5.91 Å². The number of carbonyl (C=O) groups is 1. The fraction of sp³-hybridized carbons (Fsp3) is 0.200. The van der Waals surface area contributed by atoms with Gasteiger partial charge in [-0.3, -0.25) is 9.78 Å². The molecule has 104 valence electrons. The number of amides is 1. The normalized spacial score (nSPS) is 11.9. The van der Waals surface area contributed by atoms with Crippen LogP contribution < -0.4 is 0 Å². The molecule has 0 saturated heterocycles. The second-order valence-electron chi connectivity index (χ2n) is 4.62. The van der Waals surface area contributed by atoms with E-state index in [1.54, 1.807) is 36.2 Å². The summed E-state index contributed by atoms with van der Waals surface area (Å²) in [4.78, 5) is 17.7. The summed E-state index contributed by atoms with van der Waals surface area (Å²) in [7, 11) is 1.68. The Morgan fingerprint density at radius 3 is 2.40 bits per heavy atom. The molecule has 0 bridgehead atoms. The van der Waals surface area contributed by atoms with Crippen LogP contribution >= 0.6 is 0 Å². The molecule has 1 aromatic heterocycles. The molecule has 1 unspecified atom stereocenters. The zero-order valence-electron chi connectivity index (χ0n) is 11.3. The number of carbonyl (C=O) groups excluding carboxylic acids is 1. The Kier molecular flexibility index (Phi) is 3.89. The molecule has 0 aliphatic heterocycles. The maximum Gasteiger partial charge on any atom is 0.255 e. The monoisotopic (exact) mass is 272 g/mol. The number of pyridine rings is 1. The molecule has 0 saturated carbocycles. The van der Waals surface area contributed by atoms with E-state index in [0.29, 0.717) is 5.56 Å². The van der Waals surface area contributed by atoms with E-state index in [-0.39, 0.29) is 23.4 Å². The van der Waals surface area contributed by atoms with Gasteiger partial charge in [-0.25, -0.2) is 0 Å². The summed E-state index contributed by atoms with van der Waals surface area (Å²) in [5.41, 5.74) is 1.24. The highest BCUT2D eigenvalue weighted by Gasteiger charge is 2.19. The van der Waals surface area contributed by atoms with Crippen molar-refractivity contribution in [2.24, 2.45) is 0 Å². The minimum Gasteiger partial charge on any atom is -0.508 e. The third kappa shape index (κ3) is 2.88. The van der Waals surface area contributed by atoms with Crippen molar-refractivity contribution in [3.05, 3.63) is 53.9 Å². The number of nitrogens with zero attached hydrogens (tertiary/aromatic N) is 2. The van der Waals surface area contributed by atoms with Crippen LogP contribution in [-0.4, -0.2) is 33.1 Å². The molecule has 0 radical (unpaired) electrons. The predicted octanol–water partition coefficient (Wildman–Crippen LogP) is 2.33. The highest BCUT2D eigenvalue weighted by atomic mass is 16.3. The molecular formula is C15H16N2O3. The van der Waals surface area contributed by atoms with Crippen LogP contribution in [0.3, 0.4) is 0 Å². The molecule has 0 spiro atoms. The molecule has 1 atom stereocenters. The van der Waals surface area contributed by atoms with Crippen LogP contribution in [0, 0.1) is 0 Å². The standard InChI is InChI=1S/C15H16N2O3/c1-10(11-3-5-13(18)6-4-11)17(2)15(20)12-7-14(19)9-16-8-12/h3-10,18-19H,1-2H3. The second kappa shape index (κ2) is 5.61. The number of phenolic OH excluding ortho intramolecular Hbond substituents is 1. The van der Waals surface area contributed by atoms with Crippen LogP contribution in [0.2, 0.25) is 0 Å². The third-order valence-electron chi connectivity index (χ3n) is 3.25. The Labute approximate surface area is 117 Å². The smallest absolute Gasteiger partial charge is 0.255 e. The Bertz CT molecular complexity index is 611. The summed E-state index contributed by atoms with van der Waals surface area (Å²) in [6, 6.07) is 7.93. The highest BCUT2D eigenvalue weighted by Crippen LogP contribution is 2.23. The van der Waals surface area contributed by atoms with Crippen molar-refractivity contribution in [1.82, 2.24) is 9.88 Å². The Morgan fingerprint density at radius 2 is 1.80 bits per heavy atom. The van der Waals surface area contributed by atoms with Gasteiger partial charge >= 0.3 is 0 Å². The topological polar surface area (TPSA) is 73.7 Å². The summed E-state index contributed by atoms with van der Waals surface area (Å²) in [6.45, 7) is 1.89. The average Bonchev–Trinajstić information content (AvgIpc) is 2.46. The van der Waals surface area contributed by atoms with Crippen LogP contribution in [-0.2, 0) is 0 Å². The minimum atomic E-state index is -0.228. The number of aromatic nitrogens is 1. The van der Waals surface area contributed by atoms with E-state index < -0.39 is 0 Å². The first-order chi connectivity index (χ1) is 9.49. The molecule has 2 aromatic rings. The van der Waals surface area contributed by atoms with Crippen molar-refractivity contribution in [1.29, 1.82) is 0 Å². The molecule has 0 fully saturated rings. The van der Waals surface area contributed by atoms with E-state index >= 15 is 0 Å². The Balaban J connectivity index is 2.20. The lowest BCUT2D eigenvalue weighted by Gasteiger charge is -2.25. The zero-order chi connectivity index (χ0) is 14.7. The summed E-state index contributed by atoms with van der Waals surface area (Å²) in [6.07, 6.45) is 2.70. The van der Waals surface area contributed by atoms with Crippen LogP contribution in [0.1, 0.15) is 28.9 Å². The quantitative estimate of drug-likeness (QED) is 0.899. The number of rotatable bonds is 3. The summed E-state index contributed by atoms with van der Waals surface area (Å²) >= 11 is 0. The molecular weight excluding hydrogens is 256 g/mol. The first kappa shape index (κ1) is 13.9. The van der Waals surface area contributed by atoms with Crippen LogP contribution in [0.15, 0.2) is 42.7 Å². The second-order valence-corrected chi connectivity index (χ2v) is 4.62. The lowest BCUT2D eigenvalue weighted by atomic mass is 10.1. The van der Waals surface area contributed by atoms with Crippen molar-refractivity contribution in [3.63, 3.8) is 0 Å². The molecule has 0 aliphatic carbocycles. The van der Waals surface area contributed by atoms with Gasteiger partial charge in [0.1, 0.15) is 11.5 Å². The maximum atomic E-state index is 12.3. The number of benzene rings is 1. The van der Waals surface area contributed by atoms with Gasteiger partial charge in [-0.05, 0) is 30.7 Å². The van der Waals surface area contributed by atoms with Crippen LogP contribution in [0.5, 0.6) is 11.5 Å². The first-order valence-corrected chi connectivity index (χ1v) is 6.19. The third-order valence-corrected chi connectivity index (χ3v) is 3.25. The fourth-order valence-corrected chi connectivity index (χ4v) is 1.90. The highest BCUT2D eigenvalue weighted by molar-refractivity contribution is 5.94. The molecule has 1 heterocycles. The molecule has 1 amide bonds.